The van der Waals surface area contributed by atoms with Gasteiger partial charge in [0, 0.05) is 11.9 Å². The molecule has 102 valence electrons. The largest absolute Gasteiger partial charge is 0.396 e. The summed E-state index contributed by atoms with van der Waals surface area (Å²) in [6, 6.07) is 4.24. The fourth-order valence-electron chi connectivity index (χ4n) is 1.85. The number of nitrogen functional groups attached to an aromatic ring is 1. The van der Waals surface area contributed by atoms with Gasteiger partial charge in [-0.05, 0) is 25.1 Å². The highest BCUT2D eigenvalue weighted by Crippen LogP contribution is 2.30. The van der Waals surface area contributed by atoms with Gasteiger partial charge in [0.25, 0.3) is 0 Å². The van der Waals surface area contributed by atoms with Crippen LogP contribution in [0.2, 0.25) is 0 Å². The Morgan fingerprint density at radius 1 is 1.47 bits per heavy atom. The van der Waals surface area contributed by atoms with Crippen LogP contribution >= 0.6 is 0 Å². The van der Waals surface area contributed by atoms with Gasteiger partial charge in [-0.25, -0.2) is 4.39 Å². The van der Waals surface area contributed by atoms with Gasteiger partial charge in [0.1, 0.15) is 5.82 Å². The molecule has 5 nitrogen and oxygen atoms in total. The lowest BCUT2D eigenvalue weighted by molar-refractivity contribution is 0.105. The number of pyridine rings is 1. The first-order valence-electron chi connectivity index (χ1n) is 5.91. The summed E-state index contributed by atoms with van der Waals surface area (Å²) in [5.41, 5.74) is 8.11. The standard InChI is InChI=1S/C13H16FN3O2/c1-7-12(15)13(16-5-9(19)6-18)10-4-8(14)2-3-11(10)17-7/h2-4,9,18-19H,5-6,15H2,1H3,(H,16,17). The number of hydrogen-bond donors (Lipinski definition) is 4. The Labute approximate surface area is 109 Å². The molecule has 0 radical (unpaired) electrons. The fraction of sp³-hybridized carbons (Fsp3) is 0.308. The van der Waals surface area contributed by atoms with Crippen LogP contribution in [0.15, 0.2) is 18.2 Å². The summed E-state index contributed by atoms with van der Waals surface area (Å²) < 4.78 is 13.3. The second-order valence-electron chi connectivity index (χ2n) is 4.36. The molecule has 0 spiro atoms. The Bertz CT molecular complexity index is 604. The first kappa shape index (κ1) is 13.5. The number of nitrogens with one attached hydrogen (secondary N) is 1. The molecule has 0 saturated carbocycles. The highest BCUT2D eigenvalue weighted by atomic mass is 19.1. The number of aryl methyl sites for hydroxylation is 1. The third kappa shape index (κ3) is 2.74. The summed E-state index contributed by atoms with van der Waals surface area (Å²) in [6.45, 7) is 1.52. The molecule has 1 aromatic heterocycles. The maximum absolute atomic E-state index is 13.3. The van der Waals surface area contributed by atoms with Crippen molar-refractivity contribution in [1.82, 2.24) is 4.98 Å². The second kappa shape index (κ2) is 5.38. The van der Waals surface area contributed by atoms with Crippen LogP contribution in [0.3, 0.4) is 0 Å². The highest BCUT2D eigenvalue weighted by Gasteiger charge is 2.12. The molecular formula is C13H16FN3O2. The zero-order valence-electron chi connectivity index (χ0n) is 10.5. The molecule has 0 aliphatic carbocycles. The van der Waals surface area contributed by atoms with E-state index in [4.69, 9.17) is 10.8 Å². The van der Waals surface area contributed by atoms with E-state index in [0.717, 1.165) is 0 Å². The third-order valence-corrected chi connectivity index (χ3v) is 2.90. The van der Waals surface area contributed by atoms with E-state index in [2.05, 4.69) is 10.3 Å². The molecule has 0 fully saturated rings. The number of nitrogens with two attached hydrogens (primary N) is 1. The number of fused-ring (bicyclic) bond motifs is 1. The van der Waals surface area contributed by atoms with Crippen LogP contribution in [0.1, 0.15) is 5.69 Å². The number of hydrogen-bond acceptors (Lipinski definition) is 5. The van der Waals surface area contributed by atoms with Crippen molar-refractivity contribution in [2.75, 3.05) is 24.2 Å². The third-order valence-electron chi connectivity index (χ3n) is 2.90. The topological polar surface area (TPSA) is 91.4 Å². The van der Waals surface area contributed by atoms with E-state index >= 15 is 0 Å². The zero-order valence-corrected chi connectivity index (χ0v) is 10.5. The molecule has 2 aromatic rings. The maximum atomic E-state index is 13.3. The molecule has 1 aromatic carbocycles. The zero-order chi connectivity index (χ0) is 14.0. The van der Waals surface area contributed by atoms with Gasteiger partial charge in [0.2, 0.25) is 0 Å². The number of aromatic nitrogens is 1. The number of benzene rings is 1. The molecule has 1 unspecified atom stereocenters. The molecule has 1 atom stereocenters. The molecule has 0 bridgehead atoms. The van der Waals surface area contributed by atoms with E-state index in [1.54, 1.807) is 13.0 Å². The van der Waals surface area contributed by atoms with Gasteiger partial charge in [-0.2, -0.15) is 0 Å². The number of anilines is 2. The van der Waals surface area contributed by atoms with Gasteiger partial charge in [0.15, 0.2) is 0 Å². The fourth-order valence-corrected chi connectivity index (χ4v) is 1.85. The lowest BCUT2D eigenvalue weighted by Crippen LogP contribution is -2.23. The number of nitrogens with zero attached hydrogens (tertiary/aromatic N) is 1. The molecule has 19 heavy (non-hydrogen) atoms. The average Bonchev–Trinajstić information content (AvgIpc) is 2.39. The minimum atomic E-state index is -0.906. The monoisotopic (exact) mass is 265 g/mol. The van der Waals surface area contributed by atoms with Crippen LogP contribution in [-0.2, 0) is 0 Å². The first-order chi connectivity index (χ1) is 9.02. The smallest absolute Gasteiger partial charge is 0.124 e. The van der Waals surface area contributed by atoms with Crippen molar-refractivity contribution in [1.29, 1.82) is 0 Å². The van der Waals surface area contributed by atoms with Gasteiger partial charge in [-0.1, -0.05) is 0 Å². The van der Waals surface area contributed by atoms with Gasteiger partial charge in [-0.3, -0.25) is 4.98 Å². The second-order valence-corrected chi connectivity index (χ2v) is 4.36. The predicted octanol–water partition coefficient (Wildman–Crippen LogP) is 1.03. The van der Waals surface area contributed by atoms with E-state index in [9.17, 15) is 9.50 Å². The lowest BCUT2D eigenvalue weighted by atomic mass is 10.1. The summed E-state index contributed by atoms with van der Waals surface area (Å²) in [6.07, 6.45) is -0.906. The predicted molar refractivity (Wildman–Crippen MR) is 72.4 cm³/mol. The van der Waals surface area contributed by atoms with Crippen molar-refractivity contribution in [2.24, 2.45) is 0 Å². The quantitative estimate of drug-likeness (QED) is 0.663. The molecule has 5 N–H and O–H groups in total. The van der Waals surface area contributed by atoms with Crippen molar-refractivity contribution < 1.29 is 14.6 Å². The van der Waals surface area contributed by atoms with Crippen molar-refractivity contribution in [3.05, 3.63) is 29.7 Å². The van der Waals surface area contributed by atoms with Crippen LogP contribution in [0.4, 0.5) is 15.8 Å². The van der Waals surface area contributed by atoms with E-state index in [1.165, 1.54) is 12.1 Å². The van der Waals surface area contributed by atoms with Crippen LogP contribution in [0.5, 0.6) is 0 Å². The Morgan fingerprint density at radius 2 is 2.21 bits per heavy atom. The van der Waals surface area contributed by atoms with Crippen LogP contribution in [0, 0.1) is 12.7 Å². The molecule has 0 aliphatic rings. The summed E-state index contributed by atoms with van der Waals surface area (Å²) in [4.78, 5) is 4.28. The van der Waals surface area contributed by atoms with Crippen molar-refractivity contribution in [3.63, 3.8) is 0 Å². The molecule has 2 rings (SSSR count). The summed E-state index contributed by atoms with van der Waals surface area (Å²) in [5, 5.41) is 21.6. The molecule has 0 amide bonds. The molecule has 0 saturated heterocycles. The number of halogens is 1. The lowest BCUT2D eigenvalue weighted by Gasteiger charge is -2.16. The van der Waals surface area contributed by atoms with Crippen LogP contribution < -0.4 is 11.1 Å². The Kier molecular flexibility index (Phi) is 3.82. The molecule has 0 aliphatic heterocycles. The van der Waals surface area contributed by atoms with Crippen LogP contribution in [0.25, 0.3) is 10.9 Å². The van der Waals surface area contributed by atoms with Crippen molar-refractivity contribution in [2.45, 2.75) is 13.0 Å². The first-order valence-corrected chi connectivity index (χ1v) is 5.91. The minimum Gasteiger partial charge on any atom is -0.396 e. The summed E-state index contributed by atoms with van der Waals surface area (Å²) >= 11 is 0. The van der Waals surface area contributed by atoms with E-state index in [1.807, 2.05) is 0 Å². The minimum absolute atomic E-state index is 0.121. The molecular weight excluding hydrogens is 249 g/mol. The summed E-state index contributed by atoms with van der Waals surface area (Å²) in [7, 11) is 0. The van der Waals surface area contributed by atoms with E-state index in [-0.39, 0.29) is 19.0 Å². The number of rotatable bonds is 4. The van der Waals surface area contributed by atoms with Gasteiger partial charge < -0.3 is 21.3 Å². The Balaban J connectivity index is 2.49. The van der Waals surface area contributed by atoms with Crippen molar-refractivity contribution in [3.8, 4) is 0 Å². The van der Waals surface area contributed by atoms with Gasteiger partial charge in [-0.15, -0.1) is 0 Å². The molecule has 1 heterocycles. The van der Waals surface area contributed by atoms with Crippen LogP contribution in [-0.4, -0.2) is 34.5 Å². The van der Waals surface area contributed by atoms with Gasteiger partial charge in [0.05, 0.1) is 35.3 Å². The summed E-state index contributed by atoms with van der Waals surface area (Å²) in [5.74, 6) is -0.386. The Hall–Kier alpha value is -1.92. The SMILES string of the molecule is Cc1nc2ccc(F)cc2c(NCC(O)CO)c1N. The maximum Gasteiger partial charge on any atom is 0.124 e. The molecule has 6 heteroatoms. The van der Waals surface area contributed by atoms with Gasteiger partial charge >= 0.3 is 0 Å². The van der Waals surface area contributed by atoms with E-state index in [0.29, 0.717) is 28.0 Å². The highest BCUT2D eigenvalue weighted by molar-refractivity contribution is 5.98. The number of aliphatic hydroxyl groups excluding tert-OH is 2. The van der Waals surface area contributed by atoms with E-state index < -0.39 is 6.10 Å². The normalized spacial score (nSPS) is 12.6. The van der Waals surface area contributed by atoms with Crippen molar-refractivity contribution >= 4 is 22.3 Å². The average molecular weight is 265 g/mol. The Morgan fingerprint density at radius 3 is 2.89 bits per heavy atom. The number of aliphatic hydroxyl groups is 2.